The smallest absolute Gasteiger partial charge is 0.321 e. The monoisotopic (exact) mass is 378 g/mol. The molecule has 2 heterocycles. The molecule has 2 aromatic carbocycles. The maximum Gasteiger partial charge on any atom is 0.321 e. The van der Waals surface area contributed by atoms with Gasteiger partial charge in [0.25, 0.3) is 0 Å². The molecule has 27 heavy (non-hydrogen) atoms. The lowest BCUT2D eigenvalue weighted by Crippen LogP contribution is -2.27. The average Bonchev–Trinajstić information content (AvgIpc) is 3.31. The first kappa shape index (κ1) is 17.2. The standard InChI is InChI=1S/C20H18N4O2S/c25-18(12-16-13-27-19(23-16)14-5-2-1-3-6-14)22-15-7-4-8-17(11-15)24-10-9-21-20(24)26/h1-8,11,13H,9-10,12H2,(H,21,26)(H,22,25). The molecule has 1 fully saturated rings. The van der Waals surface area contributed by atoms with Gasteiger partial charge < -0.3 is 10.6 Å². The van der Waals surface area contributed by atoms with Crippen molar-refractivity contribution in [1.29, 1.82) is 0 Å². The van der Waals surface area contributed by atoms with Crippen LogP contribution in [-0.4, -0.2) is 30.0 Å². The second kappa shape index (κ2) is 7.59. The summed E-state index contributed by atoms with van der Waals surface area (Å²) in [6, 6.07) is 17.1. The van der Waals surface area contributed by atoms with E-state index in [-0.39, 0.29) is 18.4 Å². The lowest BCUT2D eigenvalue weighted by molar-refractivity contribution is -0.115. The fourth-order valence-corrected chi connectivity index (χ4v) is 3.77. The normalized spacial score (nSPS) is 13.5. The zero-order chi connectivity index (χ0) is 18.6. The molecule has 1 saturated heterocycles. The summed E-state index contributed by atoms with van der Waals surface area (Å²) in [4.78, 5) is 30.4. The van der Waals surface area contributed by atoms with E-state index in [4.69, 9.17) is 0 Å². The van der Waals surface area contributed by atoms with E-state index in [1.165, 1.54) is 11.3 Å². The van der Waals surface area contributed by atoms with Crippen molar-refractivity contribution in [3.8, 4) is 10.6 Å². The van der Waals surface area contributed by atoms with Crippen LogP contribution in [0.2, 0.25) is 0 Å². The van der Waals surface area contributed by atoms with Gasteiger partial charge in [-0.15, -0.1) is 11.3 Å². The molecule has 7 heteroatoms. The molecule has 1 aliphatic rings. The van der Waals surface area contributed by atoms with Crippen LogP contribution in [0.5, 0.6) is 0 Å². The molecule has 3 amide bonds. The summed E-state index contributed by atoms with van der Waals surface area (Å²) < 4.78 is 0. The number of hydrogen-bond donors (Lipinski definition) is 2. The SMILES string of the molecule is O=C(Cc1csc(-c2ccccc2)n1)Nc1cccc(N2CCNC2=O)c1. The summed E-state index contributed by atoms with van der Waals surface area (Å²) in [7, 11) is 0. The number of nitrogens with one attached hydrogen (secondary N) is 2. The van der Waals surface area contributed by atoms with E-state index < -0.39 is 0 Å². The number of urea groups is 1. The minimum absolute atomic E-state index is 0.116. The zero-order valence-electron chi connectivity index (χ0n) is 14.5. The number of rotatable bonds is 5. The first-order valence-corrected chi connectivity index (χ1v) is 9.52. The number of anilines is 2. The van der Waals surface area contributed by atoms with Crippen LogP contribution >= 0.6 is 11.3 Å². The van der Waals surface area contributed by atoms with Crippen molar-refractivity contribution in [2.45, 2.75) is 6.42 Å². The van der Waals surface area contributed by atoms with E-state index in [9.17, 15) is 9.59 Å². The molecule has 0 radical (unpaired) electrons. The topological polar surface area (TPSA) is 74.3 Å². The Morgan fingerprint density at radius 1 is 1.19 bits per heavy atom. The molecule has 3 aromatic rings. The predicted molar refractivity (Wildman–Crippen MR) is 107 cm³/mol. The lowest BCUT2D eigenvalue weighted by Gasteiger charge is -2.15. The summed E-state index contributed by atoms with van der Waals surface area (Å²) in [6.45, 7) is 1.25. The Bertz CT molecular complexity index is 971. The molecule has 0 aliphatic carbocycles. The van der Waals surface area contributed by atoms with E-state index in [0.717, 1.165) is 22.0 Å². The van der Waals surface area contributed by atoms with Crippen LogP contribution in [-0.2, 0) is 11.2 Å². The fraction of sp³-hybridized carbons (Fsp3) is 0.150. The van der Waals surface area contributed by atoms with Crippen LogP contribution in [0.4, 0.5) is 16.2 Å². The highest BCUT2D eigenvalue weighted by atomic mass is 32.1. The molecule has 1 aromatic heterocycles. The maximum atomic E-state index is 12.4. The summed E-state index contributed by atoms with van der Waals surface area (Å²) in [5.41, 5.74) is 3.22. The molecule has 0 bridgehead atoms. The number of carbonyl (C=O) groups excluding carboxylic acids is 2. The van der Waals surface area contributed by atoms with Gasteiger partial charge in [0.1, 0.15) is 5.01 Å². The van der Waals surface area contributed by atoms with Gasteiger partial charge >= 0.3 is 6.03 Å². The summed E-state index contributed by atoms with van der Waals surface area (Å²) in [5.74, 6) is -0.136. The fourth-order valence-electron chi connectivity index (χ4n) is 2.94. The Hall–Kier alpha value is -3.19. The number of thiazole rings is 1. The van der Waals surface area contributed by atoms with Crippen LogP contribution < -0.4 is 15.5 Å². The van der Waals surface area contributed by atoms with Gasteiger partial charge in [-0.1, -0.05) is 36.4 Å². The van der Waals surface area contributed by atoms with Crippen LogP contribution in [0.3, 0.4) is 0 Å². The third-order valence-corrected chi connectivity index (χ3v) is 5.15. The van der Waals surface area contributed by atoms with Gasteiger partial charge in [0.05, 0.1) is 12.1 Å². The van der Waals surface area contributed by atoms with Crippen LogP contribution in [0.25, 0.3) is 10.6 Å². The lowest BCUT2D eigenvalue weighted by atomic mass is 10.2. The van der Waals surface area contributed by atoms with Crippen molar-refractivity contribution in [2.24, 2.45) is 0 Å². The Balaban J connectivity index is 1.41. The Morgan fingerprint density at radius 3 is 2.81 bits per heavy atom. The van der Waals surface area contributed by atoms with Crippen molar-refractivity contribution in [3.63, 3.8) is 0 Å². The van der Waals surface area contributed by atoms with Crippen molar-refractivity contribution < 1.29 is 9.59 Å². The summed E-state index contributed by atoms with van der Waals surface area (Å²) in [5, 5.41) is 8.47. The second-order valence-electron chi connectivity index (χ2n) is 6.17. The predicted octanol–water partition coefficient (Wildman–Crippen LogP) is 3.52. The molecule has 2 N–H and O–H groups in total. The number of benzene rings is 2. The molecule has 0 spiro atoms. The molecule has 6 nitrogen and oxygen atoms in total. The van der Waals surface area contributed by atoms with Crippen LogP contribution in [0.1, 0.15) is 5.69 Å². The van der Waals surface area contributed by atoms with E-state index in [1.54, 1.807) is 11.0 Å². The number of amides is 3. The summed E-state index contributed by atoms with van der Waals surface area (Å²) in [6.07, 6.45) is 0.206. The minimum atomic E-state index is -0.136. The van der Waals surface area contributed by atoms with Crippen LogP contribution in [0.15, 0.2) is 60.0 Å². The van der Waals surface area contributed by atoms with E-state index in [0.29, 0.717) is 18.8 Å². The Kier molecular flexibility index (Phi) is 4.84. The Labute approximate surface area is 160 Å². The zero-order valence-corrected chi connectivity index (χ0v) is 15.3. The molecule has 1 aliphatic heterocycles. The highest BCUT2D eigenvalue weighted by Gasteiger charge is 2.21. The molecule has 0 unspecified atom stereocenters. The van der Waals surface area contributed by atoms with Crippen molar-refractivity contribution in [1.82, 2.24) is 10.3 Å². The van der Waals surface area contributed by atoms with Gasteiger partial charge in [0.15, 0.2) is 0 Å². The summed E-state index contributed by atoms with van der Waals surface area (Å²) >= 11 is 1.53. The van der Waals surface area contributed by atoms with Gasteiger partial charge in [-0.05, 0) is 18.2 Å². The quantitative estimate of drug-likeness (QED) is 0.713. The van der Waals surface area contributed by atoms with Crippen molar-refractivity contribution in [2.75, 3.05) is 23.3 Å². The molecule has 136 valence electrons. The number of aromatic nitrogens is 1. The average molecular weight is 378 g/mol. The van der Waals surface area contributed by atoms with Gasteiger partial charge in [-0.2, -0.15) is 0 Å². The van der Waals surface area contributed by atoms with E-state index >= 15 is 0 Å². The first-order valence-electron chi connectivity index (χ1n) is 8.64. The molecule has 0 atom stereocenters. The third kappa shape index (κ3) is 3.98. The van der Waals surface area contributed by atoms with E-state index in [1.807, 2.05) is 53.9 Å². The first-order chi connectivity index (χ1) is 13.2. The van der Waals surface area contributed by atoms with Gasteiger partial charge in [0, 0.05) is 35.4 Å². The number of hydrogen-bond acceptors (Lipinski definition) is 4. The number of nitrogens with zero attached hydrogens (tertiary/aromatic N) is 2. The molecular weight excluding hydrogens is 360 g/mol. The van der Waals surface area contributed by atoms with Crippen LogP contribution in [0, 0.1) is 0 Å². The molecular formula is C20H18N4O2S. The van der Waals surface area contributed by atoms with Gasteiger partial charge in [0.2, 0.25) is 5.91 Å². The maximum absolute atomic E-state index is 12.4. The van der Waals surface area contributed by atoms with Gasteiger partial charge in [-0.25, -0.2) is 9.78 Å². The highest BCUT2D eigenvalue weighted by molar-refractivity contribution is 7.13. The largest absolute Gasteiger partial charge is 0.336 e. The molecule has 0 saturated carbocycles. The van der Waals surface area contributed by atoms with E-state index in [2.05, 4.69) is 15.6 Å². The molecule has 4 rings (SSSR count). The highest BCUT2D eigenvalue weighted by Crippen LogP contribution is 2.24. The van der Waals surface area contributed by atoms with Crippen molar-refractivity contribution in [3.05, 3.63) is 65.7 Å². The van der Waals surface area contributed by atoms with Crippen molar-refractivity contribution >= 4 is 34.6 Å². The van der Waals surface area contributed by atoms with Gasteiger partial charge in [-0.3, -0.25) is 9.69 Å². The second-order valence-corrected chi connectivity index (χ2v) is 7.03. The Morgan fingerprint density at radius 2 is 2.04 bits per heavy atom. The third-order valence-electron chi connectivity index (χ3n) is 4.21. The minimum Gasteiger partial charge on any atom is -0.336 e. The number of carbonyl (C=O) groups is 2.